The highest BCUT2D eigenvalue weighted by Crippen LogP contribution is 2.66. The van der Waals surface area contributed by atoms with E-state index in [4.69, 9.17) is 29.5 Å². The topological polar surface area (TPSA) is 288 Å². The summed E-state index contributed by atoms with van der Waals surface area (Å²) in [5, 5.41) is 2.83. The molecule has 0 bridgehead atoms. The number of phosphoric ester groups is 1. The van der Waals surface area contributed by atoms with Crippen molar-refractivity contribution in [1.82, 2.24) is 14.9 Å². The van der Waals surface area contributed by atoms with Gasteiger partial charge in [0.05, 0.1) is 12.7 Å². The molecule has 0 aliphatic carbocycles. The van der Waals surface area contributed by atoms with Crippen molar-refractivity contribution in [2.75, 3.05) is 25.6 Å². The van der Waals surface area contributed by atoms with Gasteiger partial charge in [-0.1, -0.05) is 21.6 Å². The third-order valence-electron chi connectivity index (χ3n) is 5.39. The van der Waals surface area contributed by atoms with E-state index in [1.54, 1.807) is 0 Å². The van der Waals surface area contributed by atoms with Gasteiger partial charge in [0.1, 0.15) is 18.3 Å². The number of hydrogen-bond donors (Lipinski definition) is 7. The molecule has 2 rings (SSSR count). The first kappa shape index (κ1) is 38.3. The maximum absolute atomic E-state index is 12.4. The second kappa shape index (κ2) is 16.1. The minimum Gasteiger partial charge on any atom is -0.364 e. The van der Waals surface area contributed by atoms with Crippen LogP contribution in [0.25, 0.3) is 0 Å². The maximum atomic E-state index is 12.4. The van der Waals surface area contributed by atoms with Crippen molar-refractivity contribution in [3.8, 4) is 0 Å². The molecule has 0 saturated carbocycles. The van der Waals surface area contributed by atoms with E-state index in [0.29, 0.717) is 25.9 Å². The number of aromatic amines is 1. The molecule has 1 aliphatic heterocycles. The maximum Gasteiger partial charge on any atom is 0.490 e. The summed E-state index contributed by atoms with van der Waals surface area (Å²) in [6.07, 6.45) is -0.945. The molecule has 43 heavy (non-hydrogen) atoms. The Kier molecular flexibility index (Phi) is 14.4. The second-order valence-corrected chi connectivity index (χ2v) is 17.1. The molecular weight excluding hydrogens is 681 g/mol. The fraction of sp³-hybridized carbons (Fsp3) is 0.737. The van der Waals surface area contributed by atoms with Gasteiger partial charge in [0.25, 0.3) is 5.56 Å². The van der Waals surface area contributed by atoms with E-state index < -0.39 is 64.5 Å². The average Bonchev–Trinajstić information content (AvgIpc) is 3.25. The molecule has 0 radical (unpaired) electrons. The Morgan fingerprint density at radius 2 is 1.88 bits per heavy atom. The van der Waals surface area contributed by atoms with Crippen molar-refractivity contribution < 1.29 is 60.7 Å². The zero-order chi connectivity index (χ0) is 32.6. The van der Waals surface area contributed by atoms with E-state index >= 15 is 0 Å². The Labute approximate surface area is 253 Å². The van der Waals surface area contributed by atoms with Crippen LogP contribution in [0.1, 0.15) is 44.9 Å². The number of nitrogens with one attached hydrogen (secondary N) is 2. The highest BCUT2D eigenvalue weighted by Gasteiger charge is 2.43. The quantitative estimate of drug-likeness (QED) is 0.0479. The second-order valence-electron chi connectivity index (χ2n) is 9.68. The van der Waals surface area contributed by atoms with Crippen molar-refractivity contribution in [1.29, 1.82) is 0 Å². The van der Waals surface area contributed by atoms with Crippen LogP contribution in [0.2, 0.25) is 0 Å². The third kappa shape index (κ3) is 14.0. The number of aryl methyl sites for hydroxylation is 1. The van der Waals surface area contributed by atoms with Gasteiger partial charge in [-0.05, 0) is 33.7 Å². The molecule has 8 N–H and O–H groups in total. The molecule has 1 aromatic heterocycles. The Morgan fingerprint density at radius 1 is 1.21 bits per heavy atom. The van der Waals surface area contributed by atoms with Crippen LogP contribution < -0.4 is 22.3 Å². The number of amides is 1. The van der Waals surface area contributed by atoms with E-state index in [1.807, 2.05) is 13.8 Å². The largest absolute Gasteiger partial charge is 0.490 e. The molecule has 1 saturated heterocycles. The van der Waals surface area contributed by atoms with E-state index in [0.717, 1.165) is 4.57 Å². The van der Waals surface area contributed by atoms with Crippen molar-refractivity contribution in [3.63, 3.8) is 0 Å². The third-order valence-corrected chi connectivity index (χ3v) is 12.1. The Morgan fingerprint density at radius 3 is 2.51 bits per heavy atom. The summed E-state index contributed by atoms with van der Waals surface area (Å²) in [6, 6.07) is 0. The average molecular weight is 717 g/mol. The number of phosphoric acid groups is 3. The SMILES string of the molecule is Cc1cn([C@H]2C[C@@H](OCSSC(C)(C)CNC(=O)CCCN)C(COP(=O)(O)OP(=O)(O)OP(=O)(O)O)O2)c(=O)[nH]c1=O. The fourth-order valence-electron chi connectivity index (χ4n) is 3.46. The van der Waals surface area contributed by atoms with Gasteiger partial charge in [-0.3, -0.25) is 23.7 Å². The molecular formula is C19H35N4O15P3S2. The summed E-state index contributed by atoms with van der Waals surface area (Å²) < 4.78 is 59.1. The van der Waals surface area contributed by atoms with Gasteiger partial charge in [0.15, 0.2) is 0 Å². The Balaban J connectivity index is 2.07. The number of carbonyl (C=O) groups is 1. The summed E-state index contributed by atoms with van der Waals surface area (Å²) in [5.74, 6) is -0.0811. The number of nitrogens with two attached hydrogens (primary N) is 1. The van der Waals surface area contributed by atoms with E-state index in [9.17, 15) is 37.9 Å². The van der Waals surface area contributed by atoms with Gasteiger partial charge >= 0.3 is 29.2 Å². The standard InChI is InChI=1S/C19H35N4O15P3S2/c1-12-8-23(18(26)22-17(12)25)16-7-13(34-11-42-43-19(2,3)10-21-15(24)5-4-6-20)14(36-16)9-35-40(30,31)38-41(32,33)37-39(27,28)29/h8,13-14,16H,4-7,9-11,20H2,1-3H3,(H,21,24)(H,30,31)(H,32,33)(H,22,25,26)(H2,27,28,29)/t13-,14?,16-/m1/s1. The van der Waals surface area contributed by atoms with Crippen molar-refractivity contribution >= 4 is 51.0 Å². The van der Waals surface area contributed by atoms with Gasteiger partial charge in [-0.2, -0.15) is 8.62 Å². The van der Waals surface area contributed by atoms with Crippen LogP contribution in [-0.2, 0) is 41.1 Å². The summed E-state index contributed by atoms with van der Waals surface area (Å²) in [5.41, 5.74) is 4.20. The zero-order valence-electron chi connectivity index (χ0n) is 23.2. The number of H-pyrrole nitrogens is 1. The first-order chi connectivity index (χ1) is 19.7. The molecule has 0 spiro atoms. The number of aromatic nitrogens is 2. The molecule has 3 unspecified atom stereocenters. The molecule has 248 valence electrons. The molecule has 1 fully saturated rings. The lowest BCUT2D eigenvalue weighted by Crippen LogP contribution is -2.36. The van der Waals surface area contributed by atoms with Crippen LogP contribution in [0.4, 0.5) is 0 Å². The Bertz CT molecular complexity index is 1370. The number of carbonyl (C=O) groups excluding carboxylic acids is 1. The number of rotatable bonds is 18. The first-order valence-corrected chi connectivity index (χ1v) is 19.2. The van der Waals surface area contributed by atoms with Crippen LogP contribution in [0.5, 0.6) is 0 Å². The predicted octanol–water partition coefficient (Wildman–Crippen LogP) is 0.834. The molecule has 24 heteroatoms. The van der Waals surface area contributed by atoms with Crippen molar-refractivity contribution in [2.24, 2.45) is 5.73 Å². The van der Waals surface area contributed by atoms with Gasteiger partial charge in [0, 0.05) is 35.9 Å². The van der Waals surface area contributed by atoms with Crippen LogP contribution in [0.3, 0.4) is 0 Å². The van der Waals surface area contributed by atoms with Crippen LogP contribution in [0, 0.1) is 6.92 Å². The predicted molar refractivity (Wildman–Crippen MR) is 155 cm³/mol. The van der Waals surface area contributed by atoms with Gasteiger partial charge in [-0.25, -0.2) is 18.5 Å². The lowest BCUT2D eigenvalue weighted by molar-refractivity contribution is -0.121. The van der Waals surface area contributed by atoms with Crippen molar-refractivity contribution in [2.45, 2.75) is 63.2 Å². The van der Waals surface area contributed by atoms with Crippen molar-refractivity contribution in [3.05, 3.63) is 32.6 Å². The molecule has 0 aromatic carbocycles. The van der Waals surface area contributed by atoms with Gasteiger partial charge < -0.3 is 40.1 Å². The number of hydrogen-bond acceptors (Lipinski definition) is 14. The minimum absolute atomic E-state index is 0.00162. The molecule has 5 atom stereocenters. The summed E-state index contributed by atoms with van der Waals surface area (Å²) >= 11 is 0. The van der Waals surface area contributed by atoms with Gasteiger partial charge in [0.2, 0.25) is 5.91 Å². The molecule has 19 nitrogen and oxygen atoms in total. The molecule has 1 aliphatic rings. The monoisotopic (exact) mass is 716 g/mol. The first-order valence-electron chi connectivity index (χ1n) is 12.4. The lowest BCUT2D eigenvalue weighted by Gasteiger charge is -2.24. The molecule has 1 aromatic rings. The number of ether oxygens (including phenoxy) is 2. The minimum atomic E-state index is -5.73. The Hall–Kier alpha value is -0.860. The van der Waals surface area contributed by atoms with Gasteiger partial charge in [-0.15, -0.1) is 0 Å². The summed E-state index contributed by atoms with van der Waals surface area (Å²) in [4.78, 5) is 74.7. The molecule has 1 amide bonds. The lowest BCUT2D eigenvalue weighted by atomic mass is 10.2. The zero-order valence-corrected chi connectivity index (χ0v) is 27.5. The highest BCUT2D eigenvalue weighted by molar-refractivity contribution is 8.77. The summed E-state index contributed by atoms with van der Waals surface area (Å²) in [7, 11) is -14.1. The van der Waals surface area contributed by atoms with Crippen LogP contribution in [0.15, 0.2) is 15.8 Å². The van der Waals surface area contributed by atoms with Crippen LogP contribution >= 0.6 is 45.1 Å². The summed E-state index contributed by atoms with van der Waals surface area (Å²) in [6.45, 7) is 5.22. The fourth-order valence-corrected chi connectivity index (χ4v) is 8.66. The smallest absolute Gasteiger partial charge is 0.364 e. The van der Waals surface area contributed by atoms with E-state index in [1.165, 1.54) is 34.7 Å². The molecule has 2 heterocycles. The normalized spacial score (nSPS) is 22.2. The van der Waals surface area contributed by atoms with E-state index in [2.05, 4.69) is 18.9 Å². The highest BCUT2D eigenvalue weighted by atomic mass is 33.1. The van der Waals surface area contributed by atoms with E-state index in [-0.39, 0.29) is 23.8 Å². The number of nitrogens with zero attached hydrogens (tertiary/aromatic N) is 1. The van der Waals surface area contributed by atoms with Crippen LogP contribution in [-0.4, -0.2) is 77.6 Å².